The van der Waals surface area contributed by atoms with Crippen LogP contribution in [0.4, 0.5) is 13.6 Å². The van der Waals surface area contributed by atoms with Gasteiger partial charge in [0.2, 0.25) is 15.9 Å². The van der Waals surface area contributed by atoms with Crippen molar-refractivity contribution < 1.29 is 41.0 Å². The Morgan fingerprint density at radius 2 is 1.67 bits per heavy atom. The van der Waals surface area contributed by atoms with Crippen molar-refractivity contribution in [3.05, 3.63) is 48.6 Å². The molecule has 1 aromatic carbocycles. The average molecular weight is 711 g/mol. The Morgan fingerprint density at radius 1 is 1.04 bits per heavy atom. The SMILES string of the molecule is C=CCc1c(C)ccc(S(=O)(=O)N2CCC[C@H]2C(=O)OC(C)(C)C)c1OC(C=C)CCCCN(C(=O)OC(C)(C)C)C1CCC(F)(F)CC1. The van der Waals surface area contributed by atoms with E-state index in [9.17, 15) is 26.8 Å². The lowest BCUT2D eigenvalue weighted by Crippen LogP contribution is -2.46. The third kappa shape index (κ3) is 11.3. The maximum Gasteiger partial charge on any atom is 0.410 e. The van der Waals surface area contributed by atoms with Gasteiger partial charge in [0, 0.05) is 37.5 Å². The van der Waals surface area contributed by atoms with Crippen molar-refractivity contribution in [1.82, 2.24) is 9.21 Å². The van der Waals surface area contributed by atoms with Gasteiger partial charge in [-0.3, -0.25) is 4.79 Å². The van der Waals surface area contributed by atoms with Crippen LogP contribution < -0.4 is 4.74 Å². The molecule has 0 N–H and O–H groups in total. The lowest BCUT2D eigenvalue weighted by molar-refractivity contribution is -0.158. The lowest BCUT2D eigenvalue weighted by atomic mass is 9.91. The molecule has 9 nitrogen and oxygen atoms in total. The van der Waals surface area contributed by atoms with Crippen LogP contribution in [0.2, 0.25) is 0 Å². The quantitative estimate of drug-likeness (QED) is 0.109. The van der Waals surface area contributed by atoms with Gasteiger partial charge < -0.3 is 19.1 Å². The van der Waals surface area contributed by atoms with Gasteiger partial charge in [0.25, 0.3) is 0 Å². The molecule has 1 saturated carbocycles. The minimum absolute atomic E-state index is 0.0394. The highest BCUT2D eigenvalue weighted by atomic mass is 32.2. The van der Waals surface area contributed by atoms with E-state index in [-0.39, 0.29) is 48.9 Å². The number of halogens is 2. The van der Waals surface area contributed by atoms with E-state index >= 15 is 0 Å². The molecule has 0 radical (unpaired) electrons. The van der Waals surface area contributed by atoms with Crippen LogP contribution >= 0.6 is 0 Å². The zero-order valence-electron chi connectivity index (χ0n) is 30.4. The number of carbonyl (C=O) groups excluding carboxylic acids is 2. The van der Waals surface area contributed by atoms with Crippen molar-refractivity contribution in [2.24, 2.45) is 0 Å². The van der Waals surface area contributed by atoms with E-state index in [1.165, 1.54) is 10.4 Å². The highest BCUT2D eigenvalue weighted by Crippen LogP contribution is 2.38. The van der Waals surface area contributed by atoms with E-state index in [4.69, 9.17) is 14.2 Å². The highest BCUT2D eigenvalue weighted by molar-refractivity contribution is 7.89. The molecule has 1 amide bonds. The molecular weight excluding hydrogens is 654 g/mol. The molecule has 49 heavy (non-hydrogen) atoms. The molecule has 1 saturated heterocycles. The number of ether oxygens (including phenoxy) is 3. The molecule has 1 aliphatic carbocycles. The zero-order valence-corrected chi connectivity index (χ0v) is 31.2. The first-order chi connectivity index (χ1) is 22.7. The summed E-state index contributed by atoms with van der Waals surface area (Å²) in [5, 5.41) is 0. The Morgan fingerprint density at radius 3 is 2.24 bits per heavy atom. The van der Waals surface area contributed by atoms with Gasteiger partial charge in [-0.2, -0.15) is 4.31 Å². The second kappa shape index (κ2) is 16.4. The van der Waals surface area contributed by atoms with Gasteiger partial charge in [-0.15, -0.1) is 6.58 Å². The number of rotatable bonds is 14. The Labute approximate surface area is 292 Å². The first-order valence-corrected chi connectivity index (χ1v) is 18.8. The summed E-state index contributed by atoms with van der Waals surface area (Å²) in [6, 6.07) is 1.97. The fourth-order valence-corrected chi connectivity index (χ4v) is 8.07. The Bertz CT molecular complexity index is 1440. The van der Waals surface area contributed by atoms with Gasteiger partial charge in [-0.25, -0.2) is 22.0 Å². The summed E-state index contributed by atoms with van der Waals surface area (Å²) in [4.78, 5) is 27.7. The number of unbranched alkanes of at least 4 members (excludes halogenated alkanes) is 1. The predicted octanol–water partition coefficient (Wildman–Crippen LogP) is 8.14. The Kier molecular flexibility index (Phi) is 13.5. The number of allylic oxidation sites excluding steroid dienone is 1. The normalized spacial score (nSPS) is 19.6. The van der Waals surface area contributed by atoms with E-state index in [1.807, 2.05) is 6.92 Å². The van der Waals surface area contributed by atoms with E-state index in [1.54, 1.807) is 64.7 Å². The summed E-state index contributed by atoms with van der Waals surface area (Å²) in [5.74, 6) is -3.11. The summed E-state index contributed by atoms with van der Waals surface area (Å²) >= 11 is 0. The fourth-order valence-electron chi connectivity index (χ4n) is 6.28. The Balaban J connectivity index is 1.81. The van der Waals surface area contributed by atoms with Crippen LogP contribution in [0.5, 0.6) is 5.75 Å². The number of nitrogens with zero attached hydrogens (tertiary/aromatic N) is 2. The second-order valence-corrected chi connectivity index (χ2v) is 17.0. The number of aryl methyl sites for hydroxylation is 1. The maximum atomic E-state index is 14.3. The van der Waals surface area contributed by atoms with Crippen LogP contribution in [0.1, 0.15) is 110 Å². The third-order valence-corrected chi connectivity index (χ3v) is 10.6. The van der Waals surface area contributed by atoms with E-state index in [0.29, 0.717) is 50.6 Å². The van der Waals surface area contributed by atoms with Crippen molar-refractivity contribution in [1.29, 1.82) is 0 Å². The lowest BCUT2D eigenvalue weighted by Gasteiger charge is -2.37. The number of amides is 1. The highest BCUT2D eigenvalue weighted by Gasteiger charge is 2.43. The van der Waals surface area contributed by atoms with Crippen LogP contribution in [-0.2, 0) is 30.7 Å². The molecule has 2 aliphatic rings. The Hall–Kier alpha value is -2.99. The van der Waals surface area contributed by atoms with Crippen LogP contribution in [0.15, 0.2) is 42.3 Å². The number of alkyl halides is 2. The summed E-state index contributed by atoms with van der Waals surface area (Å²) in [7, 11) is -4.18. The van der Waals surface area contributed by atoms with Crippen LogP contribution in [-0.4, -0.2) is 78.1 Å². The number of benzene rings is 1. The number of esters is 1. The summed E-state index contributed by atoms with van der Waals surface area (Å²) in [5.41, 5.74) is -0.00233. The van der Waals surface area contributed by atoms with Crippen LogP contribution in [0.25, 0.3) is 0 Å². The van der Waals surface area contributed by atoms with Crippen LogP contribution in [0.3, 0.4) is 0 Å². The number of hydrogen-bond donors (Lipinski definition) is 0. The number of sulfonamides is 1. The molecule has 0 bridgehead atoms. The zero-order chi connectivity index (χ0) is 36.8. The van der Waals surface area contributed by atoms with Gasteiger partial charge in [0.05, 0.1) is 0 Å². The van der Waals surface area contributed by atoms with Crippen LogP contribution in [0, 0.1) is 6.92 Å². The molecule has 1 unspecified atom stereocenters. The molecule has 1 aromatic rings. The minimum Gasteiger partial charge on any atom is -0.485 e. The average Bonchev–Trinajstić information content (AvgIpc) is 3.48. The summed E-state index contributed by atoms with van der Waals surface area (Å²) in [6.45, 7) is 20.7. The van der Waals surface area contributed by atoms with Gasteiger partial charge in [-0.1, -0.05) is 24.8 Å². The maximum absolute atomic E-state index is 14.3. The number of carbonyl (C=O) groups is 2. The van der Waals surface area contributed by atoms with E-state index < -0.39 is 51.4 Å². The second-order valence-electron chi connectivity index (χ2n) is 15.1. The first kappa shape index (κ1) is 40.4. The third-order valence-electron chi connectivity index (χ3n) is 8.70. The molecule has 1 aliphatic heterocycles. The van der Waals surface area contributed by atoms with Gasteiger partial charge in [0.15, 0.2) is 0 Å². The molecule has 0 aromatic heterocycles. The van der Waals surface area contributed by atoms with E-state index in [2.05, 4.69) is 13.2 Å². The molecule has 3 rings (SSSR count). The van der Waals surface area contributed by atoms with Gasteiger partial charge >= 0.3 is 12.1 Å². The molecule has 12 heteroatoms. The van der Waals surface area contributed by atoms with Crippen molar-refractivity contribution >= 4 is 22.1 Å². The van der Waals surface area contributed by atoms with Crippen molar-refractivity contribution in [3.8, 4) is 5.75 Å². The minimum atomic E-state index is -4.18. The first-order valence-electron chi connectivity index (χ1n) is 17.3. The molecule has 276 valence electrons. The fraction of sp³-hybridized carbons (Fsp3) is 0.676. The van der Waals surface area contributed by atoms with Gasteiger partial charge in [0.1, 0.15) is 34.0 Å². The molecule has 1 heterocycles. The van der Waals surface area contributed by atoms with Crippen molar-refractivity contribution in [3.63, 3.8) is 0 Å². The summed E-state index contributed by atoms with van der Waals surface area (Å²) in [6.07, 6.45) is 4.87. The summed E-state index contributed by atoms with van der Waals surface area (Å²) < 4.78 is 75.2. The predicted molar refractivity (Wildman–Crippen MR) is 186 cm³/mol. The monoisotopic (exact) mass is 710 g/mol. The van der Waals surface area contributed by atoms with Crippen molar-refractivity contribution in [2.75, 3.05) is 13.1 Å². The smallest absolute Gasteiger partial charge is 0.410 e. The topological polar surface area (TPSA) is 102 Å². The standard InChI is InChI=1S/C37H56F2N2O7S/c1-10-15-29-26(3)18-19-31(49(44,45)41-25-14-17-30(41)33(42)47-35(4,5)6)32(29)46-28(11-2)16-12-13-24-40(34(43)48-36(7,8)9)27-20-22-37(38,39)23-21-27/h10-11,18-19,27-28,30H,1-2,12-17,20-25H2,3-9H3/t28?,30-/m0/s1. The molecular formula is C37H56F2N2O7S. The van der Waals surface area contributed by atoms with Crippen molar-refractivity contribution in [2.45, 2.75) is 153 Å². The van der Waals surface area contributed by atoms with Gasteiger partial charge in [-0.05, 0) is 111 Å². The largest absolute Gasteiger partial charge is 0.485 e. The molecule has 2 atom stereocenters. The molecule has 2 fully saturated rings. The van der Waals surface area contributed by atoms with E-state index in [0.717, 1.165) is 5.56 Å². The molecule has 0 spiro atoms. The number of hydrogen-bond acceptors (Lipinski definition) is 7.